The molecule has 0 radical (unpaired) electrons. The Morgan fingerprint density at radius 1 is 1.29 bits per heavy atom. The largest absolute Gasteiger partial charge is 0.465 e. The van der Waals surface area contributed by atoms with E-state index in [-0.39, 0.29) is 21.5 Å². The van der Waals surface area contributed by atoms with E-state index in [0.717, 1.165) is 25.9 Å². The Balaban J connectivity index is 2.39. The van der Waals surface area contributed by atoms with Crippen LogP contribution < -0.4 is 16.4 Å². The number of carbonyl (C=O) groups excluding carboxylic acids is 2. The molecular weight excluding hydrogens is 290 g/mol. The summed E-state index contributed by atoms with van der Waals surface area (Å²) in [6.45, 7) is 6.08. The molecule has 1 aromatic heterocycles. The summed E-state index contributed by atoms with van der Waals surface area (Å²) in [5, 5.41) is 0.677. The number of nitrogen functional groups attached to an aromatic ring is 1. The van der Waals surface area contributed by atoms with Crippen LogP contribution in [0.15, 0.2) is 0 Å². The van der Waals surface area contributed by atoms with Gasteiger partial charge in [-0.25, -0.2) is 4.79 Å². The van der Waals surface area contributed by atoms with Crippen LogP contribution in [0.3, 0.4) is 0 Å². The molecule has 0 aromatic carbocycles. The second-order valence-electron chi connectivity index (χ2n) is 6.03. The molecule has 1 amide bonds. The van der Waals surface area contributed by atoms with Gasteiger partial charge >= 0.3 is 5.97 Å². The molecule has 0 saturated carbocycles. The number of amides is 1. The Labute approximate surface area is 128 Å². The van der Waals surface area contributed by atoms with Gasteiger partial charge in [0.15, 0.2) is 0 Å². The van der Waals surface area contributed by atoms with E-state index in [0.29, 0.717) is 5.00 Å². The number of ether oxygens (including phenoxy) is 1. The summed E-state index contributed by atoms with van der Waals surface area (Å²) in [5.41, 5.74) is 12.0. The lowest BCUT2D eigenvalue weighted by Gasteiger charge is -2.37. The van der Waals surface area contributed by atoms with Crippen molar-refractivity contribution in [3.8, 4) is 0 Å². The number of rotatable bonds is 3. The number of methoxy groups -OCH3 is 1. The number of thiophene rings is 1. The number of anilines is 2. The summed E-state index contributed by atoms with van der Waals surface area (Å²) in [7, 11) is 1.29. The highest BCUT2D eigenvalue weighted by Crippen LogP contribution is 2.41. The van der Waals surface area contributed by atoms with Gasteiger partial charge in [0.2, 0.25) is 0 Å². The number of primary amides is 1. The van der Waals surface area contributed by atoms with Crippen LogP contribution in [0.5, 0.6) is 0 Å². The van der Waals surface area contributed by atoms with Crippen molar-refractivity contribution in [2.45, 2.75) is 26.7 Å². The maximum absolute atomic E-state index is 11.7. The van der Waals surface area contributed by atoms with Gasteiger partial charge in [-0.3, -0.25) is 4.79 Å². The van der Waals surface area contributed by atoms with Gasteiger partial charge in [-0.1, -0.05) is 13.8 Å². The molecule has 6 nitrogen and oxygen atoms in total. The zero-order valence-electron chi connectivity index (χ0n) is 12.6. The fourth-order valence-corrected chi connectivity index (χ4v) is 3.65. The minimum Gasteiger partial charge on any atom is -0.465 e. The Morgan fingerprint density at radius 3 is 2.33 bits per heavy atom. The first-order valence-electron chi connectivity index (χ1n) is 6.82. The third-order valence-corrected chi connectivity index (χ3v) is 5.19. The number of esters is 1. The molecule has 0 unspecified atom stereocenters. The van der Waals surface area contributed by atoms with E-state index in [4.69, 9.17) is 16.2 Å². The van der Waals surface area contributed by atoms with E-state index in [1.807, 2.05) is 0 Å². The molecule has 1 fully saturated rings. The van der Waals surface area contributed by atoms with Crippen molar-refractivity contribution in [2.75, 3.05) is 30.8 Å². The molecule has 1 aliphatic heterocycles. The highest BCUT2D eigenvalue weighted by atomic mass is 32.1. The highest BCUT2D eigenvalue weighted by molar-refractivity contribution is 7.19. The molecule has 2 rings (SSSR count). The molecule has 116 valence electrons. The van der Waals surface area contributed by atoms with Crippen molar-refractivity contribution in [3.05, 3.63) is 10.4 Å². The van der Waals surface area contributed by atoms with E-state index in [1.54, 1.807) is 0 Å². The summed E-state index contributed by atoms with van der Waals surface area (Å²) in [5.74, 6) is -1.15. The molecule has 7 heteroatoms. The van der Waals surface area contributed by atoms with Crippen LogP contribution in [0.4, 0.5) is 10.7 Å². The standard InChI is InChI=1S/C14H21N3O3S/c1-14(2)4-6-17(7-5-14)12-8(11(16)18)9(15)10(21-12)13(19)20-3/h4-7,15H2,1-3H3,(H2,16,18). The normalized spacial score (nSPS) is 17.6. The molecule has 0 aliphatic carbocycles. The molecule has 1 aromatic rings. The predicted octanol–water partition coefficient (Wildman–Crippen LogP) is 1.84. The van der Waals surface area contributed by atoms with Crippen LogP contribution in [-0.4, -0.2) is 32.1 Å². The Morgan fingerprint density at radius 2 is 1.86 bits per heavy atom. The van der Waals surface area contributed by atoms with Crippen LogP contribution in [0.1, 0.15) is 46.7 Å². The summed E-state index contributed by atoms with van der Waals surface area (Å²) in [6.07, 6.45) is 2.02. The van der Waals surface area contributed by atoms with Gasteiger partial charge in [-0.2, -0.15) is 0 Å². The van der Waals surface area contributed by atoms with Crippen molar-refractivity contribution in [1.82, 2.24) is 0 Å². The maximum Gasteiger partial charge on any atom is 0.350 e. The van der Waals surface area contributed by atoms with Gasteiger partial charge in [0.1, 0.15) is 9.88 Å². The average Bonchev–Trinajstić information content (AvgIpc) is 2.75. The SMILES string of the molecule is COC(=O)c1sc(N2CCC(C)(C)CC2)c(C(N)=O)c1N. The number of hydrogen-bond donors (Lipinski definition) is 2. The molecule has 4 N–H and O–H groups in total. The van der Waals surface area contributed by atoms with E-state index >= 15 is 0 Å². The number of piperidine rings is 1. The Hall–Kier alpha value is -1.76. The van der Waals surface area contributed by atoms with Crippen LogP contribution >= 0.6 is 11.3 Å². The first-order chi connectivity index (χ1) is 9.76. The van der Waals surface area contributed by atoms with Crippen LogP contribution in [0, 0.1) is 5.41 Å². The number of nitrogens with zero attached hydrogens (tertiary/aromatic N) is 1. The van der Waals surface area contributed by atoms with Gasteiger partial charge in [-0.05, 0) is 18.3 Å². The summed E-state index contributed by atoms with van der Waals surface area (Å²) >= 11 is 1.18. The Kier molecular flexibility index (Phi) is 4.13. The van der Waals surface area contributed by atoms with Gasteiger partial charge in [0.25, 0.3) is 5.91 Å². The average molecular weight is 311 g/mol. The summed E-state index contributed by atoms with van der Waals surface area (Å²) in [4.78, 5) is 25.8. The van der Waals surface area contributed by atoms with Crippen molar-refractivity contribution in [2.24, 2.45) is 11.1 Å². The predicted molar refractivity (Wildman–Crippen MR) is 83.8 cm³/mol. The minimum absolute atomic E-state index is 0.124. The van der Waals surface area contributed by atoms with Crippen LogP contribution in [0.2, 0.25) is 0 Å². The number of hydrogen-bond acceptors (Lipinski definition) is 6. The van der Waals surface area contributed by atoms with Crippen LogP contribution in [0.25, 0.3) is 0 Å². The van der Waals surface area contributed by atoms with Gasteiger partial charge < -0.3 is 21.1 Å². The lowest BCUT2D eigenvalue weighted by molar-refractivity contribution is 0.0607. The van der Waals surface area contributed by atoms with E-state index < -0.39 is 11.9 Å². The van der Waals surface area contributed by atoms with Gasteiger partial charge in [0.05, 0.1) is 18.4 Å². The third kappa shape index (κ3) is 2.97. The van der Waals surface area contributed by atoms with Crippen LogP contribution in [-0.2, 0) is 4.74 Å². The molecule has 2 heterocycles. The van der Waals surface area contributed by atoms with Crippen molar-refractivity contribution >= 4 is 33.9 Å². The topological polar surface area (TPSA) is 98.6 Å². The van der Waals surface area contributed by atoms with E-state index in [9.17, 15) is 9.59 Å². The molecule has 0 atom stereocenters. The molecular formula is C14H21N3O3S. The first-order valence-corrected chi connectivity index (χ1v) is 7.64. The van der Waals surface area contributed by atoms with E-state index in [2.05, 4.69) is 18.7 Å². The Bertz CT molecular complexity index is 570. The second kappa shape index (κ2) is 5.55. The lowest BCUT2D eigenvalue weighted by Crippen LogP contribution is -2.37. The number of nitrogens with two attached hydrogens (primary N) is 2. The molecule has 1 aliphatic rings. The minimum atomic E-state index is -0.612. The van der Waals surface area contributed by atoms with Crippen molar-refractivity contribution in [3.63, 3.8) is 0 Å². The fraction of sp³-hybridized carbons (Fsp3) is 0.571. The first kappa shape index (κ1) is 15.6. The summed E-state index contributed by atoms with van der Waals surface area (Å²) < 4.78 is 4.71. The highest BCUT2D eigenvalue weighted by Gasteiger charge is 2.31. The molecule has 1 saturated heterocycles. The molecule has 0 bridgehead atoms. The van der Waals surface area contributed by atoms with Crippen molar-refractivity contribution in [1.29, 1.82) is 0 Å². The van der Waals surface area contributed by atoms with Gasteiger partial charge in [0, 0.05) is 13.1 Å². The fourth-order valence-electron chi connectivity index (χ4n) is 2.45. The molecule has 21 heavy (non-hydrogen) atoms. The zero-order valence-corrected chi connectivity index (χ0v) is 13.4. The second-order valence-corrected chi connectivity index (χ2v) is 7.03. The smallest absolute Gasteiger partial charge is 0.350 e. The summed E-state index contributed by atoms with van der Waals surface area (Å²) in [6, 6.07) is 0. The van der Waals surface area contributed by atoms with E-state index in [1.165, 1.54) is 18.4 Å². The van der Waals surface area contributed by atoms with Crippen molar-refractivity contribution < 1.29 is 14.3 Å². The third-order valence-electron chi connectivity index (χ3n) is 3.95. The zero-order chi connectivity index (χ0) is 15.8. The quantitative estimate of drug-likeness (QED) is 0.830. The number of carbonyl (C=O) groups is 2. The lowest BCUT2D eigenvalue weighted by atomic mass is 9.83. The molecule has 0 spiro atoms. The van der Waals surface area contributed by atoms with Gasteiger partial charge in [-0.15, -0.1) is 11.3 Å². The maximum atomic E-state index is 11.7. The monoisotopic (exact) mass is 311 g/mol.